The van der Waals surface area contributed by atoms with Crippen LogP contribution in [0.2, 0.25) is 0 Å². The molecule has 3 nitrogen and oxygen atoms in total. The molecule has 0 saturated carbocycles. The van der Waals surface area contributed by atoms with Crippen LogP contribution in [0.5, 0.6) is 5.75 Å². The molecule has 0 fully saturated rings. The molecule has 0 aliphatic rings. The molecule has 1 aromatic heterocycles. The van der Waals surface area contributed by atoms with Gasteiger partial charge in [0.15, 0.2) is 5.78 Å². The van der Waals surface area contributed by atoms with Crippen molar-refractivity contribution < 1.29 is 13.9 Å². The van der Waals surface area contributed by atoms with Crippen molar-refractivity contribution in [3.63, 3.8) is 0 Å². The molecule has 20 heavy (non-hydrogen) atoms. The van der Waals surface area contributed by atoms with Gasteiger partial charge in [0, 0.05) is 17.0 Å². The highest BCUT2D eigenvalue weighted by molar-refractivity contribution is 5.96. The van der Waals surface area contributed by atoms with Gasteiger partial charge in [0.1, 0.15) is 5.75 Å². The molecule has 0 N–H and O–H groups in total. The van der Waals surface area contributed by atoms with E-state index in [1.807, 2.05) is 18.2 Å². The van der Waals surface area contributed by atoms with Crippen LogP contribution in [-0.2, 0) is 6.42 Å². The second-order valence-corrected chi connectivity index (χ2v) is 4.94. The van der Waals surface area contributed by atoms with E-state index in [0.717, 1.165) is 28.9 Å². The third-order valence-corrected chi connectivity index (χ3v) is 3.73. The smallest absolute Gasteiger partial charge is 0.160 e. The van der Waals surface area contributed by atoms with Crippen LogP contribution >= 0.6 is 0 Å². The highest BCUT2D eigenvalue weighted by atomic mass is 16.5. The molecule has 1 heterocycles. The number of carbonyl (C=O) groups is 1. The van der Waals surface area contributed by atoms with Crippen LogP contribution in [0.4, 0.5) is 0 Å². The van der Waals surface area contributed by atoms with E-state index in [1.54, 1.807) is 26.6 Å². The van der Waals surface area contributed by atoms with Gasteiger partial charge in [-0.25, -0.2) is 0 Å². The first-order valence-electron chi connectivity index (χ1n) is 6.82. The van der Waals surface area contributed by atoms with Gasteiger partial charge in [0.2, 0.25) is 0 Å². The summed E-state index contributed by atoms with van der Waals surface area (Å²) >= 11 is 0. The van der Waals surface area contributed by atoms with E-state index < -0.39 is 0 Å². The molecule has 0 spiro atoms. The molecule has 0 radical (unpaired) electrons. The second kappa shape index (κ2) is 5.95. The van der Waals surface area contributed by atoms with Gasteiger partial charge in [-0.3, -0.25) is 4.79 Å². The molecule has 3 heteroatoms. The number of Topliss-reactive ketones (excluding diaryl/α,β-unsaturated/α-hetero) is 1. The first-order chi connectivity index (χ1) is 9.58. The lowest BCUT2D eigenvalue weighted by molar-refractivity contribution is 0.101. The molecule has 0 amide bonds. The maximum atomic E-state index is 11.8. The fourth-order valence-electron chi connectivity index (χ4n) is 2.51. The summed E-state index contributed by atoms with van der Waals surface area (Å²) in [5.74, 6) is 0.923. The Hall–Kier alpha value is -2.03. The topological polar surface area (TPSA) is 39.4 Å². The number of hydrogen-bond donors (Lipinski definition) is 0. The number of benzene rings is 1. The Kier molecular flexibility index (Phi) is 4.28. The van der Waals surface area contributed by atoms with E-state index in [0.29, 0.717) is 0 Å². The molecule has 2 aromatic rings. The molecular weight excluding hydrogens is 252 g/mol. The number of furan rings is 1. The van der Waals surface area contributed by atoms with Crippen molar-refractivity contribution in [3.8, 4) is 5.75 Å². The Labute approximate surface area is 119 Å². The Morgan fingerprint density at radius 1 is 1.30 bits per heavy atom. The molecule has 1 aromatic carbocycles. The zero-order chi connectivity index (χ0) is 14.7. The second-order valence-electron chi connectivity index (χ2n) is 4.94. The van der Waals surface area contributed by atoms with Crippen LogP contribution in [0.15, 0.2) is 35.1 Å². The monoisotopic (exact) mass is 272 g/mol. The van der Waals surface area contributed by atoms with E-state index in [1.165, 1.54) is 5.56 Å². The van der Waals surface area contributed by atoms with Gasteiger partial charge in [-0.05, 0) is 42.7 Å². The number of ether oxygens (including phenoxy) is 1. The summed E-state index contributed by atoms with van der Waals surface area (Å²) in [5.41, 5.74) is 4.02. The van der Waals surface area contributed by atoms with Crippen LogP contribution in [-0.4, -0.2) is 12.9 Å². The Balaban J connectivity index is 2.52. The number of aryl methyl sites for hydroxylation is 1. The fraction of sp³-hybridized carbons (Fsp3) is 0.353. The standard InChI is InChI=1S/C17H20O3/c1-5-13-9-20-10-17(13)11(2)16-8-14(19-4)6-7-15(16)12(3)18/h6-11H,5H2,1-4H3. The summed E-state index contributed by atoms with van der Waals surface area (Å²) in [6.45, 7) is 5.78. The molecule has 0 saturated heterocycles. The van der Waals surface area contributed by atoms with Crippen LogP contribution in [0.3, 0.4) is 0 Å². The lowest BCUT2D eigenvalue weighted by Crippen LogP contribution is -2.06. The molecule has 2 rings (SSSR count). The van der Waals surface area contributed by atoms with Crippen molar-refractivity contribution in [1.82, 2.24) is 0 Å². The zero-order valence-corrected chi connectivity index (χ0v) is 12.4. The highest BCUT2D eigenvalue weighted by Crippen LogP contribution is 2.32. The first kappa shape index (κ1) is 14.4. The number of hydrogen-bond acceptors (Lipinski definition) is 3. The Morgan fingerprint density at radius 3 is 2.65 bits per heavy atom. The summed E-state index contributed by atoms with van der Waals surface area (Å²) in [6.07, 6.45) is 4.46. The Morgan fingerprint density at radius 2 is 2.05 bits per heavy atom. The van der Waals surface area contributed by atoms with Crippen LogP contribution in [0.1, 0.15) is 53.7 Å². The van der Waals surface area contributed by atoms with Gasteiger partial charge in [-0.2, -0.15) is 0 Å². The summed E-state index contributed by atoms with van der Waals surface area (Å²) in [6, 6.07) is 5.59. The predicted molar refractivity (Wildman–Crippen MR) is 78.6 cm³/mol. The quantitative estimate of drug-likeness (QED) is 0.765. The van der Waals surface area contributed by atoms with Crippen molar-refractivity contribution in [2.45, 2.75) is 33.1 Å². The fourth-order valence-corrected chi connectivity index (χ4v) is 2.51. The summed E-state index contributed by atoms with van der Waals surface area (Å²) in [5, 5.41) is 0. The van der Waals surface area contributed by atoms with Gasteiger partial charge in [0.25, 0.3) is 0 Å². The average Bonchev–Trinajstić information content (AvgIpc) is 2.94. The predicted octanol–water partition coefficient (Wildman–Crippen LogP) is 4.21. The zero-order valence-electron chi connectivity index (χ0n) is 12.4. The lowest BCUT2D eigenvalue weighted by Gasteiger charge is -2.16. The third kappa shape index (κ3) is 2.62. The van der Waals surface area contributed by atoms with Crippen molar-refractivity contribution in [2.75, 3.05) is 7.11 Å². The van der Waals surface area contributed by atoms with Crippen molar-refractivity contribution in [1.29, 1.82) is 0 Å². The molecule has 0 aliphatic heterocycles. The van der Waals surface area contributed by atoms with Crippen molar-refractivity contribution >= 4 is 5.78 Å². The van der Waals surface area contributed by atoms with Gasteiger partial charge >= 0.3 is 0 Å². The van der Waals surface area contributed by atoms with E-state index >= 15 is 0 Å². The maximum Gasteiger partial charge on any atom is 0.160 e. The van der Waals surface area contributed by atoms with E-state index in [2.05, 4.69) is 13.8 Å². The van der Waals surface area contributed by atoms with Crippen molar-refractivity contribution in [3.05, 3.63) is 53.0 Å². The van der Waals surface area contributed by atoms with E-state index in [9.17, 15) is 4.79 Å². The molecule has 0 bridgehead atoms. The van der Waals surface area contributed by atoms with Crippen LogP contribution in [0, 0.1) is 0 Å². The van der Waals surface area contributed by atoms with E-state index in [4.69, 9.17) is 9.15 Å². The van der Waals surface area contributed by atoms with Crippen LogP contribution < -0.4 is 4.74 Å². The Bertz CT molecular complexity index is 610. The number of ketones is 1. The minimum Gasteiger partial charge on any atom is -0.497 e. The van der Waals surface area contributed by atoms with E-state index in [-0.39, 0.29) is 11.7 Å². The highest BCUT2D eigenvalue weighted by Gasteiger charge is 2.19. The lowest BCUT2D eigenvalue weighted by atomic mass is 9.87. The normalized spacial score (nSPS) is 12.2. The van der Waals surface area contributed by atoms with Gasteiger partial charge < -0.3 is 9.15 Å². The minimum absolute atomic E-state index is 0.0658. The SMILES string of the molecule is CCc1cocc1C(C)c1cc(OC)ccc1C(C)=O. The summed E-state index contributed by atoms with van der Waals surface area (Å²) in [4.78, 5) is 11.8. The van der Waals surface area contributed by atoms with Gasteiger partial charge in [-0.1, -0.05) is 13.8 Å². The molecule has 1 atom stereocenters. The molecule has 0 aliphatic carbocycles. The average molecular weight is 272 g/mol. The number of rotatable bonds is 5. The number of methoxy groups -OCH3 is 1. The van der Waals surface area contributed by atoms with Gasteiger partial charge in [-0.15, -0.1) is 0 Å². The summed E-state index contributed by atoms with van der Waals surface area (Å²) in [7, 11) is 1.63. The van der Waals surface area contributed by atoms with Crippen molar-refractivity contribution in [2.24, 2.45) is 0 Å². The minimum atomic E-state index is 0.0658. The van der Waals surface area contributed by atoms with Gasteiger partial charge in [0.05, 0.1) is 19.6 Å². The molecule has 1 unspecified atom stereocenters. The maximum absolute atomic E-state index is 11.8. The summed E-state index contributed by atoms with van der Waals surface area (Å²) < 4.78 is 10.6. The first-order valence-corrected chi connectivity index (χ1v) is 6.82. The third-order valence-electron chi connectivity index (χ3n) is 3.73. The number of carbonyl (C=O) groups excluding carboxylic acids is 1. The molecular formula is C17H20O3. The molecule has 106 valence electrons. The van der Waals surface area contributed by atoms with Crippen LogP contribution in [0.25, 0.3) is 0 Å². The largest absolute Gasteiger partial charge is 0.497 e.